The maximum atomic E-state index is 11.4. The monoisotopic (exact) mass is 670 g/mol. The van der Waals surface area contributed by atoms with Gasteiger partial charge in [0, 0.05) is 0 Å². The van der Waals surface area contributed by atoms with Gasteiger partial charge < -0.3 is 0 Å². The van der Waals surface area contributed by atoms with Crippen LogP contribution in [0.2, 0.25) is 0 Å². The van der Waals surface area contributed by atoms with Crippen LogP contribution in [0.5, 0.6) is 11.5 Å². The molecule has 224 valence electrons. The van der Waals surface area contributed by atoms with Crippen molar-refractivity contribution < 1.29 is 29.4 Å². The average Bonchev–Trinajstić information content (AvgIpc) is 3.16. The Morgan fingerprint density at radius 2 is 1.05 bits per heavy atom. The van der Waals surface area contributed by atoms with E-state index in [1.165, 1.54) is 60.8 Å². The number of fused-ring (bicyclic) bond motifs is 1. The second kappa shape index (κ2) is 13.8. The third kappa shape index (κ3) is 7.99. The Labute approximate surface area is 262 Å². The van der Waals surface area contributed by atoms with E-state index in [1.807, 2.05) is 12.2 Å². The van der Waals surface area contributed by atoms with E-state index in [0.29, 0.717) is 38.6 Å². The Balaban J connectivity index is 1.81. The Morgan fingerprint density at radius 1 is 0.683 bits per heavy atom. The summed E-state index contributed by atoms with van der Waals surface area (Å²) in [7, 11) is 0.772. The average molecular weight is 672 g/mol. The molecule has 0 radical (unpaired) electrons. The Hall–Kier alpha value is -0.897. The van der Waals surface area contributed by atoms with Gasteiger partial charge in [0.25, 0.3) is 0 Å². The molecule has 2 aromatic carbocycles. The SMILES string of the molecule is C=CCc1cc(C(C)(C)C)cc(C[S]2=[Zr]=[S](Cc3cc(C(C)(C)C)cc(CC=C)c3O)[C@H]3CCCCCCC32)c1O. The van der Waals surface area contributed by atoms with Crippen LogP contribution in [0.4, 0.5) is 0 Å². The van der Waals surface area contributed by atoms with Gasteiger partial charge in [-0.15, -0.1) is 0 Å². The summed E-state index contributed by atoms with van der Waals surface area (Å²) in [5, 5.41) is 24.5. The molecule has 2 aliphatic rings. The molecule has 5 heteroatoms. The minimum absolute atomic E-state index is 0.0446. The van der Waals surface area contributed by atoms with E-state index in [9.17, 15) is 10.2 Å². The zero-order valence-corrected chi connectivity index (χ0v) is 30.4. The van der Waals surface area contributed by atoms with Crippen LogP contribution in [0.15, 0.2) is 49.6 Å². The second-order valence-corrected chi connectivity index (χ2v) is 29.7. The molecule has 1 aliphatic carbocycles. The topological polar surface area (TPSA) is 40.5 Å². The summed E-state index contributed by atoms with van der Waals surface area (Å²) in [6.07, 6.45) is 13.4. The van der Waals surface area contributed by atoms with Gasteiger partial charge in [0.15, 0.2) is 0 Å². The molecule has 2 nitrogen and oxygen atoms in total. The first kappa shape index (κ1) is 33.0. The van der Waals surface area contributed by atoms with E-state index in [0.717, 1.165) is 33.1 Å². The number of hydrogen-bond acceptors (Lipinski definition) is 2. The molecule has 1 fully saturated rings. The molecular formula is C36H52O2S2Zr. The zero-order valence-electron chi connectivity index (χ0n) is 26.3. The summed E-state index contributed by atoms with van der Waals surface area (Å²) in [5.74, 6) is 3.13. The quantitative estimate of drug-likeness (QED) is 0.274. The molecule has 1 heterocycles. The van der Waals surface area contributed by atoms with Gasteiger partial charge in [0.05, 0.1) is 0 Å². The van der Waals surface area contributed by atoms with Crippen LogP contribution in [0.1, 0.15) is 113 Å². The summed E-state index contributed by atoms with van der Waals surface area (Å²) < 4.78 is 0. The number of phenolic OH excluding ortho intramolecular Hbond substituents is 2. The summed E-state index contributed by atoms with van der Waals surface area (Å²) in [5.41, 5.74) is 7.15. The van der Waals surface area contributed by atoms with Crippen LogP contribution in [-0.4, -0.2) is 20.7 Å². The summed E-state index contributed by atoms with van der Waals surface area (Å²) in [6.45, 7) is 21.6. The number of rotatable bonds is 8. The van der Waals surface area contributed by atoms with E-state index >= 15 is 0 Å². The Morgan fingerprint density at radius 3 is 1.39 bits per heavy atom. The van der Waals surface area contributed by atoms with Gasteiger partial charge in [-0.05, 0) is 0 Å². The van der Waals surface area contributed by atoms with E-state index < -0.39 is 19.2 Å². The molecule has 0 saturated heterocycles. The van der Waals surface area contributed by atoms with Crippen molar-refractivity contribution in [1.82, 2.24) is 0 Å². The number of allylic oxidation sites excluding steroid dienone is 2. The van der Waals surface area contributed by atoms with Crippen molar-refractivity contribution in [1.29, 1.82) is 0 Å². The van der Waals surface area contributed by atoms with Crippen molar-refractivity contribution in [3.05, 3.63) is 83.0 Å². The second-order valence-electron chi connectivity index (χ2n) is 14.1. The fourth-order valence-electron chi connectivity index (χ4n) is 6.16. The summed E-state index contributed by atoms with van der Waals surface area (Å²) in [4.78, 5) is 0. The first-order valence-electron chi connectivity index (χ1n) is 15.4. The third-order valence-corrected chi connectivity index (χ3v) is 30.5. The van der Waals surface area contributed by atoms with Crippen molar-refractivity contribution in [2.24, 2.45) is 0 Å². The Bertz CT molecular complexity index is 1270. The molecule has 4 atom stereocenters. The molecule has 0 amide bonds. The van der Waals surface area contributed by atoms with Crippen molar-refractivity contribution >= 4 is 14.2 Å². The van der Waals surface area contributed by atoms with Crippen LogP contribution >= 0.6 is 14.2 Å². The van der Waals surface area contributed by atoms with Crippen molar-refractivity contribution in [3.63, 3.8) is 0 Å². The van der Waals surface area contributed by atoms with Crippen molar-refractivity contribution in [2.45, 2.75) is 126 Å². The molecule has 41 heavy (non-hydrogen) atoms. The number of hydrogen-bond donors (Lipinski definition) is 2. The van der Waals surface area contributed by atoms with E-state index in [4.69, 9.17) is 0 Å². The summed E-state index contributed by atoms with van der Waals surface area (Å²) >= 11 is -0.768. The molecule has 1 aliphatic heterocycles. The molecular weight excluding hydrogens is 620 g/mol. The molecule has 2 N–H and O–H groups in total. The van der Waals surface area contributed by atoms with Gasteiger partial charge in [-0.3, -0.25) is 0 Å². The third-order valence-electron chi connectivity index (χ3n) is 8.71. The molecule has 0 spiro atoms. The van der Waals surface area contributed by atoms with Gasteiger partial charge in [0.2, 0.25) is 0 Å². The number of phenols is 2. The van der Waals surface area contributed by atoms with Crippen LogP contribution in [-0.2, 0) is 54.3 Å². The number of aromatic hydroxyl groups is 2. The molecule has 0 bridgehead atoms. The van der Waals surface area contributed by atoms with Crippen LogP contribution in [0.3, 0.4) is 0 Å². The molecule has 0 aromatic heterocycles. The van der Waals surface area contributed by atoms with Gasteiger partial charge in [-0.25, -0.2) is 0 Å². The standard InChI is InChI=1S/C36H52O2S2.Zr/c1-9-15-25-19-29(35(3,4)5)21-27(33(25)37)23-39-31-17-13-11-12-14-18-32(31)40-24-28-22-30(36(6,7)8)20-26(16-10-2)34(28)38;/h9-10,19-22,31-32,37-38H,1-2,11-18,23-24H2,3-8H3;/t31-,32?;/m0./s1. The normalized spacial score (nSPS) is 23.1. The van der Waals surface area contributed by atoms with E-state index in [-0.39, 0.29) is 10.8 Å². The maximum absolute atomic E-state index is 11.4. The number of benzene rings is 2. The first-order chi connectivity index (χ1) is 19.3. The van der Waals surface area contributed by atoms with Crippen LogP contribution in [0.25, 0.3) is 0 Å². The van der Waals surface area contributed by atoms with Gasteiger partial charge in [0.1, 0.15) is 0 Å². The van der Waals surface area contributed by atoms with Crippen LogP contribution < -0.4 is 0 Å². The first-order valence-corrected chi connectivity index (χ1v) is 24.3. The molecule has 2 aromatic rings. The fraction of sp³-hybridized carbons (Fsp3) is 0.556. The molecule has 3 unspecified atom stereocenters. The van der Waals surface area contributed by atoms with Crippen LogP contribution in [0, 0.1) is 0 Å². The van der Waals surface area contributed by atoms with Crippen molar-refractivity contribution in [3.8, 4) is 11.5 Å². The molecule has 1 saturated carbocycles. The van der Waals surface area contributed by atoms with E-state index in [2.05, 4.69) is 79.0 Å². The zero-order chi connectivity index (χ0) is 29.9. The minimum atomic E-state index is -0.768. The van der Waals surface area contributed by atoms with Gasteiger partial charge >= 0.3 is 264 Å². The van der Waals surface area contributed by atoms with Gasteiger partial charge in [-0.1, -0.05) is 0 Å². The molecule has 4 rings (SSSR count). The predicted octanol–water partition coefficient (Wildman–Crippen LogP) is 10.4. The Kier molecular flexibility index (Phi) is 11.1. The van der Waals surface area contributed by atoms with Crippen molar-refractivity contribution in [2.75, 3.05) is 0 Å². The fourth-order valence-corrected chi connectivity index (χ4v) is 35.0. The summed E-state index contributed by atoms with van der Waals surface area (Å²) in [6, 6.07) is 9.05. The predicted molar refractivity (Wildman–Crippen MR) is 179 cm³/mol. The van der Waals surface area contributed by atoms with Gasteiger partial charge in [-0.2, -0.15) is 0 Å². The van der Waals surface area contributed by atoms with E-state index in [1.54, 1.807) is 0 Å².